The quantitative estimate of drug-likeness (QED) is 0.404. The van der Waals surface area contributed by atoms with Gasteiger partial charge in [-0.05, 0) is 19.8 Å². The van der Waals surface area contributed by atoms with E-state index in [0.717, 1.165) is 6.42 Å². The zero-order chi connectivity index (χ0) is 14.3. The van der Waals surface area contributed by atoms with Crippen LogP contribution < -0.4 is 16.0 Å². The van der Waals surface area contributed by atoms with Crippen LogP contribution in [0.4, 0.5) is 0 Å². The highest BCUT2D eigenvalue weighted by atomic mass is 16.5. The van der Waals surface area contributed by atoms with E-state index < -0.39 is 12.1 Å². The normalized spacial score (nSPS) is 20.8. The summed E-state index contributed by atoms with van der Waals surface area (Å²) in [7, 11) is 1.61. The molecular weight excluding hydrogens is 250 g/mol. The third kappa shape index (κ3) is 5.35. The lowest BCUT2D eigenvalue weighted by molar-refractivity contribution is -0.135. The Morgan fingerprint density at radius 1 is 1.53 bits per heavy atom. The van der Waals surface area contributed by atoms with E-state index in [9.17, 15) is 14.4 Å². The molecule has 0 saturated carbocycles. The topological polar surface area (TPSA) is 96.5 Å². The Morgan fingerprint density at radius 3 is 2.89 bits per heavy atom. The van der Waals surface area contributed by atoms with Crippen molar-refractivity contribution in [2.75, 3.05) is 20.3 Å². The summed E-state index contributed by atoms with van der Waals surface area (Å²) in [5, 5.41) is 7.92. The lowest BCUT2D eigenvalue weighted by atomic mass is 10.1. The molecule has 1 aliphatic rings. The fourth-order valence-electron chi connectivity index (χ4n) is 1.81. The molecule has 3 amide bonds. The summed E-state index contributed by atoms with van der Waals surface area (Å²) in [4.78, 5) is 34.2. The first-order valence-electron chi connectivity index (χ1n) is 6.41. The van der Waals surface area contributed by atoms with Crippen LogP contribution in [0.25, 0.3) is 0 Å². The number of methoxy groups -OCH3 is 1. The molecule has 0 aromatic rings. The summed E-state index contributed by atoms with van der Waals surface area (Å²) in [6.07, 6.45) is 1.46. The molecule has 0 aromatic carbocycles. The third-order valence-electron chi connectivity index (χ3n) is 2.91. The van der Waals surface area contributed by atoms with Crippen molar-refractivity contribution in [2.45, 2.75) is 38.3 Å². The molecule has 0 aliphatic carbocycles. The van der Waals surface area contributed by atoms with Gasteiger partial charge in [0.15, 0.2) is 0 Å². The van der Waals surface area contributed by atoms with Gasteiger partial charge in [0.05, 0.1) is 12.1 Å². The molecular formula is C12H21N3O4. The van der Waals surface area contributed by atoms with E-state index in [1.54, 1.807) is 14.0 Å². The van der Waals surface area contributed by atoms with Crippen LogP contribution >= 0.6 is 0 Å². The van der Waals surface area contributed by atoms with E-state index in [1.807, 2.05) is 0 Å². The van der Waals surface area contributed by atoms with Gasteiger partial charge in [0.1, 0.15) is 0 Å². The maximum absolute atomic E-state index is 11.7. The van der Waals surface area contributed by atoms with Crippen molar-refractivity contribution >= 4 is 17.7 Å². The monoisotopic (exact) mass is 271 g/mol. The van der Waals surface area contributed by atoms with Gasteiger partial charge in [-0.1, -0.05) is 0 Å². The lowest BCUT2D eigenvalue weighted by Crippen LogP contribution is -2.55. The predicted octanol–water partition coefficient (Wildman–Crippen LogP) is -1.08. The lowest BCUT2D eigenvalue weighted by Gasteiger charge is -2.25. The van der Waals surface area contributed by atoms with Crippen molar-refractivity contribution in [3.63, 3.8) is 0 Å². The molecule has 2 atom stereocenters. The van der Waals surface area contributed by atoms with Gasteiger partial charge in [-0.25, -0.2) is 0 Å². The number of carbonyl (C=O) groups excluding carboxylic acids is 3. The Morgan fingerprint density at radius 2 is 2.26 bits per heavy atom. The smallest absolute Gasteiger partial charge is 0.243 e. The van der Waals surface area contributed by atoms with Gasteiger partial charge in [-0.15, -0.1) is 0 Å². The van der Waals surface area contributed by atoms with Crippen LogP contribution in [0.2, 0.25) is 0 Å². The second kappa shape index (κ2) is 7.85. The molecule has 1 saturated heterocycles. The Balaban J connectivity index is 2.29. The number of nitrogens with one attached hydrogen (secondary N) is 3. The number of imide groups is 1. The number of hydrogen-bond donors (Lipinski definition) is 3. The number of ether oxygens (including phenoxy) is 1. The molecule has 1 heterocycles. The van der Waals surface area contributed by atoms with E-state index in [4.69, 9.17) is 4.74 Å². The molecule has 7 heteroatoms. The summed E-state index contributed by atoms with van der Waals surface area (Å²) in [5.41, 5.74) is 0. The average molecular weight is 271 g/mol. The minimum absolute atomic E-state index is 0.166. The Labute approximate surface area is 112 Å². The van der Waals surface area contributed by atoms with Crippen molar-refractivity contribution < 1.29 is 19.1 Å². The van der Waals surface area contributed by atoms with Crippen molar-refractivity contribution in [1.29, 1.82) is 0 Å². The summed E-state index contributed by atoms with van der Waals surface area (Å²) in [6, 6.07) is -0.969. The SMILES string of the molecule is COCCCNC(=O)C(C)NC1CCC(=O)NC1=O. The summed E-state index contributed by atoms with van der Waals surface area (Å²) in [6.45, 7) is 2.82. The number of amides is 3. The van der Waals surface area contributed by atoms with Gasteiger partial charge in [-0.3, -0.25) is 25.0 Å². The Bertz CT molecular complexity index is 346. The van der Waals surface area contributed by atoms with Gasteiger partial charge in [0.25, 0.3) is 0 Å². The molecule has 7 nitrogen and oxygen atoms in total. The van der Waals surface area contributed by atoms with E-state index in [2.05, 4.69) is 16.0 Å². The number of piperidine rings is 1. The highest BCUT2D eigenvalue weighted by molar-refractivity contribution is 6.00. The highest BCUT2D eigenvalue weighted by Gasteiger charge is 2.28. The second-order valence-electron chi connectivity index (χ2n) is 4.53. The first kappa shape index (κ1) is 15.6. The average Bonchev–Trinajstić information content (AvgIpc) is 2.37. The fraction of sp³-hybridized carbons (Fsp3) is 0.750. The molecule has 0 aromatic heterocycles. The molecule has 1 rings (SSSR count). The minimum Gasteiger partial charge on any atom is -0.385 e. The van der Waals surface area contributed by atoms with Crippen LogP contribution in [-0.4, -0.2) is 50.1 Å². The largest absolute Gasteiger partial charge is 0.385 e. The van der Waals surface area contributed by atoms with Crippen LogP contribution in [0, 0.1) is 0 Å². The van der Waals surface area contributed by atoms with Crippen molar-refractivity contribution in [3.8, 4) is 0 Å². The standard InChI is InChI=1S/C12H21N3O4/c1-8(11(17)13-6-3-7-19-2)14-9-4-5-10(16)15-12(9)18/h8-9,14H,3-7H2,1-2H3,(H,13,17)(H,15,16,18). The molecule has 0 spiro atoms. The van der Waals surface area contributed by atoms with E-state index >= 15 is 0 Å². The number of carbonyl (C=O) groups is 3. The minimum atomic E-state index is -0.488. The fourth-order valence-corrected chi connectivity index (χ4v) is 1.81. The molecule has 108 valence electrons. The molecule has 0 radical (unpaired) electrons. The zero-order valence-corrected chi connectivity index (χ0v) is 11.3. The van der Waals surface area contributed by atoms with E-state index in [-0.39, 0.29) is 17.7 Å². The van der Waals surface area contributed by atoms with Gasteiger partial charge in [0, 0.05) is 26.7 Å². The van der Waals surface area contributed by atoms with Gasteiger partial charge >= 0.3 is 0 Å². The Hall–Kier alpha value is -1.47. The molecule has 0 bridgehead atoms. The van der Waals surface area contributed by atoms with Crippen LogP contribution in [0.3, 0.4) is 0 Å². The van der Waals surface area contributed by atoms with Gasteiger partial charge < -0.3 is 10.1 Å². The zero-order valence-electron chi connectivity index (χ0n) is 11.3. The third-order valence-corrected chi connectivity index (χ3v) is 2.91. The molecule has 19 heavy (non-hydrogen) atoms. The number of hydrogen-bond acceptors (Lipinski definition) is 5. The van der Waals surface area contributed by atoms with Crippen molar-refractivity contribution in [2.24, 2.45) is 0 Å². The predicted molar refractivity (Wildman–Crippen MR) is 68.3 cm³/mol. The van der Waals surface area contributed by atoms with Gasteiger partial charge in [-0.2, -0.15) is 0 Å². The summed E-state index contributed by atoms with van der Waals surface area (Å²) in [5.74, 6) is -0.796. The highest BCUT2D eigenvalue weighted by Crippen LogP contribution is 2.05. The Kier molecular flexibility index (Phi) is 6.44. The van der Waals surface area contributed by atoms with Crippen molar-refractivity contribution in [3.05, 3.63) is 0 Å². The molecule has 1 fully saturated rings. The maximum Gasteiger partial charge on any atom is 0.243 e. The number of rotatable bonds is 7. The summed E-state index contributed by atoms with van der Waals surface area (Å²) < 4.78 is 4.88. The first-order valence-corrected chi connectivity index (χ1v) is 6.41. The summed E-state index contributed by atoms with van der Waals surface area (Å²) >= 11 is 0. The van der Waals surface area contributed by atoms with Crippen LogP contribution in [0.1, 0.15) is 26.2 Å². The molecule has 1 aliphatic heterocycles. The molecule has 3 N–H and O–H groups in total. The van der Waals surface area contributed by atoms with Crippen molar-refractivity contribution in [1.82, 2.24) is 16.0 Å². The van der Waals surface area contributed by atoms with E-state index in [1.165, 1.54) is 0 Å². The maximum atomic E-state index is 11.7. The molecule has 2 unspecified atom stereocenters. The second-order valence-corrected chi connectivity index (χ2v) is 4.53. The van der Waals surface area contributed by atoms with Crippen LogP contribution in [0.5, 0.6) is 0 Å². The van der Waals surface area contributed by atoms with Crippen LogP contribution in [0.15, 0.2) is 0 Å². The van der Waals surface area contributed by atoms with Crippen LogP contribution in [-0.2, 0) is 19.1 Å². The first-order chi connectivity index (χ1) is 9.04. The van der Waals surface area contributed by atoms with Gasteiger partial charge in [0.2, 0.25) is 17.7 Å². The van der Waals surface area contributed by atoms with E-state index in [0.29, 0.717) is 26.0 Å².